The molecule has 1 atom stereocenters. The van der Waals surface area contributed by atoms with Crippen molar-refractivity contribution < 1.29 is 4.79 Å². The van der Waals surface area contributed by atoms with Crippen LogP contribution < -0.4 is 5.73 Å². The average molecular weight is 162 g/mol. The van der Waals surface area contributed by atoms with Crippen molar-refractivity contribution in [2.75, 3.05) is 0 Å². The fourth-order valence-electron chi connectivity index (χ4n) is 1.11. The second-order valence-electron chi connectivity index (χ2n) is 2.46. The van der Waals surface area contributed by atoms with E-state index in [1.54, 1.807) is 6.20 Å². The zero-order valence-corrected chi connectivity index (χ0v) is 6.14. The van der Waals surface area contributed by atoms with E-state index in [-0.39, 0.29) is 0 Å². The van der Waals surface area contributed by atoms with Crippen LogP contribution in [0.25, 0.3) is 0 Å². The number of carbonyl (C=O) groups is 1. The first-order chi connectivity index (χ1) is 5.79. The minimum atomic E-state index is -0.457. The summed E-state index contributed by atoms with van der Waals surface area (Å²) < 4.78 is 0. The summed E-state index contributed by atoms with van der Waals surface area (Å²) >= 11 is 0. The lowest BCUT2D eigenvalue weighted by atomic mass is 10.1. The second-order valence-corrected chi connectivity index (χ2v) is 2.46. The van der Waals surface area contributed by atoms with Gasteiger partial charge in [-0.2, -0.15) is 0 Å². The molecule has 1 amide bonds. The van der Waals surface area contributed by atoms with Crippen LogP contribution in [0.1, 0.15) is 11.5 Å². The van der Waals surface area contributed by atoms with E-state index in [0.29, 0.717) is 11.4 Å². The van der Waals surface area contributed by atoms with Crippen molar-refractivity contribution in [3.05, 3.63) is 18.1 Å². The molecule has 0 fully saturated rings. The summed E-state index contributed by atoms with van der Waals surface area (Å²) in [5.41, 5.74) is 5.81. The average Bonchev–Trinajstić information content (AvgIpc) is 2.47. The summed E-state index contributed by atoms with van der Waals surface area (Å²) in [5, 5.41) is 0. The molecule has 1 aliphatic rings. The molecule has 5 heteroatoms. The number of carbonyl (C=O) groups excluding carboxylic acids is 1. The number of nitrogens with two attached hydrogens (primary N) is 1. The molecule has 2 heterocycles. The topological polar surface area (TPSA) is 81.2 Å². The van der Waals surface area contributed by atoms with Gasteiger partial charge in [0.05, 0.1) is 0 Å². The Balaban J connectivity index is 2.49. The molecule has 0 bridgehead atoms. The maximum absolute atomic E-state index is 10.8. The molecule has 0 spiro atoms. The van der Waals surface area contributed by atoms with Gasteiger partial charge in [0.1, 0.15) is 12.2 Å². The lowest BCUT2D eigenvalue weighted by Gasteiger charge is -2.01. The highest BCUT2D eigenvalue weighted by Gasteiger charge is 2.24. The van der Waals surface area contributed by atoms with E-state index in [2.05, 4.69) is 15.0 Å². The highest BCUT2D eigenvalue weighted by molar-refractivity contribution is 6.02. The smallest absolute Gasteiger partial charge is 0.230 e. The highest BCUT2D eigenvalue weighted by Crippen LogP contribution is 2.27. The summed E-state index contributed by atoms with van der Waals surface area (Å²) in [5.74, 6) is -0.345. The first kappa shape index (κ1) is 6.90. The van der Waals surface area contributed by atoms with E-state index in [0.717, 1.165) is 0 Å². The van der Waals surface area contributed by atoms with Gasteiger partial charge < -0.3 is 5.73 Å². The zero-order valence-electron chi connectivity index (χ0n) is 6.14. The molecule has 5 nitrogen and oxygen atoms in total. The van der Waals surface area contributed by atoms with Gasteiger partial charge in [0.25, 0.3) is 0 Å². The maximum atomic E-state index is 10.8. The Morgan fingerprint density at radius 2 is 2.42 bits per heavy atom. The van der Waals surface area contributed by atoms with Crippen LogP contribution in [0, 0.1) is 0 Å². The fraction of sp³-hybridized carbons (Fsp3) is 0.143. The first-order valence-electron chi connectivity index (χ1n) is 3.42. The van der Waals surface area contributed by atoms with Crippen LogP contribution in [0.4, 0.5) is 5.82 Å². The normalized spacial score (nSPS) is 19.2. The summed E-state index contributed by atoms with van der Waals surface area (Å²) in [6.45, 7) is 0. The molecule has 60 valence electrons. The minimum absolute atomic E-state index is 0.424. The van der Waals surface area contributed by atoms with Gasteiger partial charge in [0.15, 0.2) is 5.82 Å². The number of fused-ring (bicyclic) bond motifs is 1. The molecule has 2 N–H and O–H groups in total. The molecule has 0 aromatic carbocycles. The Bertz CT molecular complexity index is 360. The minimum Gasteiger partial charge on any atom is -0.369 e. The van der Waals surface area contributed by atoms with Crippen molar-refractivity contribution in [3.63, 3.8) is 0 Å². The van der Waals surface area contributed by atoms with Gasteiger partial charge in [-0.3, -0.25) is 4.79 Å². The predicted molar refractivity (Wildman–Crippen MR) is 42.1 cm³/mol. The van der Waals surface area contributed by atoms with E-state index in [1.165, 1.54) is 12.5 Å². The number of aromatic nitrogens is 2. The van der Waals surface area contributed by atoms with Crippen molar-refractivity contribution in [1.29, 1.82) is 0 Å². The number of aliphatic imine (C=N–C) groups is 1. The molecule has 1 aliphatic heterocycles. The van der Waals surface area contributed by atoms with Gasteiger partial charge in [0, 0.05) is 18.0 Å². The second kappa shape index (κ2) is 2.37. The predicted octanol–water partition coefficient (Wildman–Crippen LogP) is -0.239. The van der Waals surface area contributed by atoms with Gasteiger partial charge in [-0.15, -0.1) is 0 Å². The number of rotatable bonds is 1. The molecule has 0 radical (unpaired) electrons. The Hall–Kier alpha value is -1.78. The molecule has 1 aromatic rings. The van der Waals surface area contributed by atoms with Gasteiger partial charge in [-0.1, -0.05) is 0 Å². The Morgan fingerprint density at radius 1 is 1.58 bits per heavy atom. The lowest BCUT2D eigenvalue weighted by Crippen LogP contribution is -2.20. The number of hydrogen-bond donors (Lipinski definition) is 1. The number of primary amides is 1. The van der Waals surface area contributed by atoms with Crippen molar-refractivity contribution in [2.24, 2.45) is 10.7 Å². The van der Waals surface area contributed by atoms with Crippen LogP contribution in [0.5, 0.6) is 0 Å². The SMILES string of the molecule is NC(=O)C1C=Nc2ncncc21. The third-order valence-electron chi connectivity index (χ3n) is 1.71. The summed E-state index contributed by atoms with van der Waals surface area (Å²) in [6.07, 6.45) is 4.44. The lowest BCUT2D eigenvalue weighted by molar-refractivity contribution is -0.117. The van der Waals surface area contributed by atoms with Crippen LogP contribution in [0.2, 0.25) is 0 Å². The number of hydrogen-bond acceptors (Lipinski definition) is 4. The monoisotopic (exact) mass is 162 g/mol. The molecular weight excluding hydrogens is 156 g/mol. The Morgan fingerprint density at radius 3 is 3.17 bits per heavy atom. The van der Waals surface area contributed by atoms with Crippen molar-refractivity contribution >= 4 is 17.9 Å². The van der Waals surface area contributed by atoms with Crippen molar-refractivity contribution in [1.82, 2.24) is 9.97 Å². The van der Waals surface area contributed by atoms with Crippen LogP contribution in [0.15, 0.2) is 17.5 Å². The van der Waals surface area contributed by atoms with Crippen molar-refractivity contribution in [3.8, 4) is 0 Å². The van der Waals surface area contributed by atoms with Gasteiger partial charge in [0.2, 0.25) is 5.91 Å². The number of nitrogens with zero attached hydrogens (tertiary/aromatic N) is 3. The fourth-order valence-corrected chi connectivity index (χ4v) is 1.11. The molecule has 0 aliphatic carbocycles. The van der Waals surface area contributed by atoms with Crippen LogP contribution in [-0.4, -0.2) is 22.1 Å². The third kappa shape index (κ3) is 0.868. The Labute approximate surface area is 68.4 Å². The van der Waals surface area contributed by atoms with Crippen molar-refractivity contribution in [2.45, 2.75) is 5.92 Å². The van der Waals surface area contributed by atoms with E-state index in [1.807, 2.05) is 0 Å². The summed E-state index contributed by atoms with van der Waals surface area (Å²) in [6, 6.07) is 0. The summed E-state index contributed by atoms with van der Waals surface area (Å²) in [4.78, 5) is 22.4. The standard InChI is InChI=1S/C7H6N4O/c8-6(12)4-2-10-7-5(4)1-9-3-11-7/h1-4H,(H2,8,12). The van der Waals surface area contributed by atoms with E-state index in [4.69, 9.17) is 5.73 Å². The number of amides is 1. The summed E-state index contributed by atoms with van der Waals surface area (Å²) in [7, 11) is 0. The van der Waals surface area contributed by atoms with Crippen LogP contribution in [-0.2, 0) is 4.79 Å². The zero-order chi connectivity index (χ0) is 8.55. The quantitative estimate of drug-likeness (QED) is 0.618. The molecule has 2 rings (SSSR count). The van der Waals surface area contributed by atoms with Gasteiger partial charge >= 0.3 is 0 Å². The van der Waals surface area contributed by atoms with Gasteiger partial charge in [-0.25, -0.2) is 15.0 Å². The van der Waals surface area contributed by atoms with Gasteiger partial charge in [-0.05, 0) is 0 Å². The molecule has 1 unspecified atom stereocenters. The van der Waals surface area contributed by atoms with Crippen LogP contribution >= 0.6 is 0 Å². The van der Waals surface area contributed by atoms with E-state index in [9.17, 15) is 4.79 Å². The molecule has 0 saturated carbocycles. The van der Waals surface area contributed by atoms with E-state index >= 15 is 0 Å². The molecule has 0 saturated heterocycles. The van der Waals surface area contributed by atoms with Crippen LogP contribution in [0.3, 0.4) is 0 Å². The molecule has 12 heavy (non-hydrogen) atoms. The largest absolute Gasteiger partial charge is 0.369 e. The third-order valence-corrected chi connectivity index (χ3v) is 1.71. The Kier molecular flexibility index (Phi) is 1.36. The highest BCUT2D eigenvalue weighted by atomic mass is 16.1. The molecule has 1 aromatic heterocycles. The maximum Gasteiger partial charge on any atom is 0.230 e. The molecular formula is C7H6N4O. The van der Waals surface area contributed by atoms with E-state index < -0.39 is 11.8 Å². The first-order valence-corrected chi connectivity index (χ1v) is 3.42.